The Morgan fingerprint density at radius 2 is 2.12 bits per heavy atom. The Labute approximate surface area is 98.1 Å². The normalized spacial score (nSPS) is 19.0. The molecule has 84 valence electrons. The second kappa shape index (κ2) is 5.07. The molecule has 0 saturated carbocycles. The molecule has 0 bridgehead atoms. The lowest BCUT2D eigenvalue weighted by atomic mass is 10.2. The minimum Gasteiger partial charge on any atom is -0.482 e. The number of hydrogen-bond acceptors (Lipinski definition) is 3. The summed E-state index contributed by atoms with van der Waals surface area (Å²) in [6, 6.07) is 10.0. The van der Waals surface area contributed by atoms with E-state index in [1.807, 2.05) is 30.3 Å². The first kappa shape index (κ1) is 11.1. The van der Waals surface area contributed by atoms with Gasteiger partial charge in [0.15, 0.2) is 5.44 Å². The highest BCUT2D eigenvalue weighted by Crippen LogP contribution is 2.31. The summed E-state index contributed by atoms with van der Waals surface area (Å²) in [6.07, 6.45) is 0.767. The van der Waals surface area contributed by atoms with Crippen molar-refractivity contribution < 1.29 is 14.6 Å². The van der Waals surface area contributed by atoms with E-state index in [4.69, 9.17) is 9.84 Å². The van der Waals surface area contributed by atoms with Gasteiger partial charge in [-0.1, -0.05) is 42.1 Å². The molecule has 0 spiro atoms. The number of rotatable bonds is 4. The molecule has 1 aliphatic heterocycles. The van der Waals surface area contributed by atoms with Crippen LogP contribution in [0.3, 0.4) is 0 Å². The summed E-state index contributed by atoms with van der Waals surface area (Å²) in [4.78, 5) is 10.5. The molecule has 0 fully saturated rings. The molecule has 1 N–H and O–H groups in total. The molecule has 0 radical (unpaired) electrons. The molecule has 1 aliphatic rings. The first-order valence-corrected chi connectivity index (χ1v) is 5.95. The van der Waals surface area contributed by atoms with Gasteiger partial charge in [-0.25, -0.2) is 0 Å². The van der Waals surface area contributed by atoms with Crippen molar-refractivity contribution in [2.24, 2.45) is 0 Å². The Hall–Kier alpha value is -1.42. The Balaban J connectivity index is 1.85. The van der Waals surface area contributed by atoms with Crippen LogP contribution in [0, 0.1) is 0 Å². The van der Waals surface area contributed by atoms with Crippen molar-refractivity contribution in [1.29, 1.82) is 0 Å². The van der Waals surface area contributed by atoms with E-state index in [9.17, 15) is 4.79 Å². The third kappa shape index (κ3) is 3.03. The topological polar surface area (TPSA) is 46.5 Å². The Kier molecular flexibility index (Phi) is 3.51. The zero-order valence-corrected chi connectivity index (χ0v) is 9.44. The molecular weight excluding hydrogens is 224 g/mol. The molecule has 4 heteroatoms. The fourth-order valence-corrected chi connectivity index (χ4v) is 2.42. The molecule has 3 nitrogen and oxygen atoms in total. The fourth-order valence-electron chi connectivity index (χ4n) is 1.50. The van der Waals surface area contributed by atoms with E-state index < -0.39 is 5.97 Å². The maximum atomic E-state index is 10.5. The van der Waals surface area contributed by atoms with Crippen LogP contribution in [-0.2, 0) is 16.0 Å². The van der Waals surface area contributed by atoms with Crippen molar-refractivity contribution >= 4 is 17.7 Å². The van der Waals surface area contributed by atoms with Gasteiger partial charge in [0.25, 0.3) is 0 Å². The van der Waals surface area contributed by atoms with Gasteiger partial charge in [0, 0.05) is 11.8 Å². The van der Waals surface area contributed by atoms with Crippen LogP contribution in [0.4, 0.5) is 0 Å². The van der Waals surface area contributed by atoms with E-state index in [1.165, 1.54) is 17.3 Å². The van der Waals surface area contributed by atoms with Crippen molar-refractivity contribution in [2.75, 3.05) is 0 Å². The molecule has 1 aromatic carbocycles. The number of benzene rings is 1. The quantitative estimate of drug-likeness (QED) is 0.873. The van der Waals surface area contributed by atoms with Crippen molar-refractivity contribution in [3.8, 4) is 0 Å². The maximum Gasteiger partial charge on any atom is 0.311 e. The zero-order chi connectivity index (χ0) is 11.4. The molecule has 1 heterocycles. The van der Waals surface area contributed by atoms with Crippen LogP contribution >= 0.6 is 11.8 Å². The van der Waals surface area contributed by atoms with E-state index in [-0.39, 0.29) is 11.9 Å². The second-order valence-corrected chi connectivity index (χ2v) is 4.56. The smallest absolute Gasteiger partial charge is 0.311 e. The first-order valence-electron chi connectivity index (χ1n) is 5.01. The van der Waals surface area contributed by atoms with Gasteiger partial charge in [-0.05, 0) is 5.56 Å². The maximum absolute atomic E-state index is 10.5. The highest BCUT2D eigenvalue weighted by Gasteiger charge is 2.20. The predicted molar refractivity (Wildman–Crippen MR) is 62.9 cm³/mol. The summed E-state index contributed by atoms with van der Waals surface area (Å²) < 4.78 is 5.52. The third-order valence-electron chi connectivity index (χ3n) is 2.20. The number of carboxylic acids is 1. The van der Waals surface area contributed by atoms with Gasteiger partial charge >= 0.3 is 5.97 Å². The highest BCUT2D eigenvalue weighted by molar-refractivity contribution is 8.02. The summed E-state index contributed by atoms with van der Waals surface area (Å²) in [5.41, 5.74) is 1.21. The molecule has 0 saturated heterocycles. The molecule has 0 amide bonds. The lowest BCUT2D eigenvalue weighted by molar-refractivity contribution is -0.136. The lowest BCUT2D eigenvalue weighted by Gasteiger charge is -2.11. The Bertz CT molecular complexity index is 400. The number of carboxylic acid groups (broad SMARTS) is 1. The van der Waals surface area contributed by atoms with Gasteiger partial charge in [0.2, 0.25) is 0 Å². The minimum atomic E-state index is -0.854. The van der Waals surface area contributed by atoms with E-state index in [0.717, 1.165) is 6.42 Å². The summed E-state index contributed by atoms with van der Waals surface area (Å²) in [5.74, 6) is -0.300. The first-order chi connectivity index (χ1) is 7.74. The van der Waals surface area contributed by atoms with Gasteiger partial charge < -0.3 is 9.84 Å². The Morgan fingerprint density at radius 3 is 2.81 bits per heavy atom. The number of ether oxygens (including phenoxy) is 1. The molecule has 1 unspecified atom stereocenters. The molecular formula is C12H12O3S. The standard InChI is InChI=1S/C12H12O3S/c13-11(14)7-10-8-16-12(15-10)6-9-4-2-1-3-5-9/h1-5,8,12H,6-7H2,(H,13,14). The number of hydrogen-bond donors (Lipinski definition) is 1. The van der Waals surface area contributed by atoms with Crippen LogP contribution in [0.1, 0.15) is 12.0 Å². The number of aliphatic carboxylic acids is 1. The van der Waals surface area contributed by atoms with Gasteiger partial charge in [-0.2, -0.15) is 0 Å². The Morgan fingerprint density at radius 1 is 1.38 bits per heavy atom. The van der Waals surface area contributed by atoms with E-state index >= 15 is 0 Å². The average Bonchev–Trinajstić information content (AvgIpc) is 2.66. The van der Waals surface area contributed by atoms with Crippen molar-refractivity contribution in [3.05, 3.63) is 47.1 Å². The largest absolute Gasteiger partial charge is 0.482 e. The van der Waals surface area contributed by atoms with Crippen molar-refractivity contribution in [3.63, 3.8) is 0 Å². The van der Waals surface area contributed by atoms with Crippen molar-refractivity contribution in [1.82, 2.24) is 0 Å². The molecule has 2 rings (SSSR count). The molecule has 0 aromatic heterocycles. The van der Waals surface area contributed by atoms with E-state index in [0.29, 0.717) is 5.76 Å². The van der Waals surface area contributed by atoms with Gasteiger partial charge in [-0.15, -0.1) is 0 Å². The van der Waals surface area contributed by atoms with Gasteiger partial charge in [0.05, 0.1) is 0 Å². The SMILES string of the molecule is O=C(O)CC1=CSC(Cc2ccccc2)O1. The molecule has 1 aromatic rings. The lowest BCUT2D eigenvalue weighted by Crippen LogP contribution is -2.08. The molecule has 0 aliphatic carbocycles. The van der Waals surface area contributed by atoms with Gasteiger partial charge in [-0.3, -0.25) is 4.79 Å². The average molecular weight is 236 g/mol. The predicted octanol–water partition coefficient (Wildman–Crippen LogP) is 2.63. The van der Waals surface area contributed by atoms with Crippen LogP contribution in [0.5, 0.6) is 0 Å². The zero-order valence-electron chi connectivity index (χ0n) is 8.63. The van der Waals surface area contributed by atoms with Gasteiger partial charge in [0.1, 0.15) is 12.2 Å². The molecule has 16 heavy (non-hydrogen) atoms. The van der Waals surface area contributed by atoms with Crippen LogP contribution in [-0.4, -0.2) is 16.5 Å². The van der Waals surface area contributed by atoms with Crippen molar-refractivity contribution in [2.45, 2.75) is 18.3 Å². The monoisotopic (exact) mass is 236 g/mol. The summed E-state index contributed by atoms with van der Waals surface area (Å²) in [5, 5.41) is 10.4. The van der Waals surface area contributed by atoms with Crippen LogP contribution < -0.4 is 0 Å². The molecule has 1 atom stereocenters. The fraction of sp³-hybridized carbons (Fsp3) is 0.250. The summed E-state index contributed by atoms with van der Waals surface area (Å²) >= 11 is 1.54. The van der Waals surface area contributed by atoms with E-state index in [1.54, 1.807) is 5.41 Å². The summed E-state index contributed by atoms with van der Waals surface area (Å²) in [6.45, 7) is 0. The van der Waals surface area contributed by atoms with Crippen LogP contribution in [0.15, 0.2) is 41.5 Å². The number of thioether (sulfide) groups is 1. The van der Waals surface area contributed by atoms with Crippen LogP contribution in [0.2, 0.25) is 0 Å². The van der Waals surface area contributed by atoms with E-state index in [2.05, 4.69) is 0 Å². The minimum absolute atomic E-state index is 0.0109. The number of carbonyl (C=O) groups is 1. The summed E-state index contributed by atoms with van der Waals surface area (Å²) in [7, 11) is 0. The van der Waals surface area contributed by atoms with Crippen LogP contribution in [0.25, 0.3) is 0 Å². The third-order valence-corrected chi connectivity index (χ3v) is 3.17. The highest BCUT2D eigenvalue weighted by atomic mass is 32.2. The second-order valence-electron chi connectivity index (χ2n) is 3.53.